The van der Waals surface area contributed by atoms with Gasteiger partial charge in [-0.25, -0.2) is 13.9 Å². The summed E-state index contributed by atoms with van der Waals surface area (Å²) >= 11 is 1.35. The zero-order valence-electron chi connectivity index (χ0n) is 17.9. The summed E-state index contributed by atoms with van der Waals surface area (Å²) in [5.41, 5.74) is 2.13. The second-order valence-corrected chi connectivity index (χ2v) is 9.04. The second kappa shape index (κ2) is 9.15. The van der Waals surface area contributed by atoms with E-state index in [4.69, 9.17) is 4.98 Å². The molecule has 0 atom stereocenters. The molecule has 8 heteroatoms. The quantitative estimate of drug-likeness (QED) is 0.485. The number of rotatable bonds is 5. The molecule has 1 aliphatic rings. The number of amides is 1. The number of halogens is 1. The van der Waals surface area contributed by atoms with Crippen LogP contribution in [0.2, 0.25) is 0 Å². The Hall–Kier alpha value is -3.52. The number of carbonyl (C=O) groups is 1. The van der Waals surface area contributed by atoms with Crippen molar-refractivity contribution < 1.29 is 9.18 Å². The number of benzene rings is 2. The molecule has 0 radical (unpaired) electrons. The van der Waals surface area contributed by atoms with E-state index in [1.807, 2.05) is 46.7 Å². The molecule has 0 spiro atoms. The first-order chi connectivity index (χ1) is 16.1. The fourth-order valence-corrected chi connectivity index (χ4v) is 4.97. The Morgan fingerprint density at radius 3 is 2.52 bits per heavy atom. The number of aromatic nitrogens is 2. The number of nitrogens with one attached hydrogen (secondary N) is 1. The van der Waals surface area contributed by atoms with E-state index in [2.05, 4.69) is 5.32 Å². The molecule has 168 valence electrons. The number of thiophene rings is 1. The van der Waals surface area contributed by atoms with Gasteiger partial charge >= 0.3 is 0 Å². The van der Waals surface area contributed by atoms with Crippen LogP contribution < -0.4 is 15.8 Å². The molecule has 2 aromatic carbocycles. The summed E-state index contributed by atoms with van der Waals surface area (Å²) in [4.78, 5) is 32.8. The molecule has 1 N–H and O–H groups in total. The number of piperidine rings is 1. The standard InChI is InChI=1S/C25H23FN4O2S/c26-19-6-8-20(9-7-19)30-24(32)22-21(12-15-33-22)28-25(30)29-13-10-18(11-14-29)23(31)27-16-17-4-2-1-3-5-17/h1-9,12,15,18H,10-11,13-14,16H2,(H,27,31). The Bertz CT molecular complexity index is 1330. The lowest BCUT2D eigenvalue weighted by molar-refractivity contribution is -0.125. The Morgan fingerprint density at radius 2 is 1.79 bits per heavy atom. The minimum atomic E-state index is -0.360. The molecular weight excluding hydrogens is 439 g/mol. The number of anilines is 1. The molecule has 0 saturated carbocycles. The molecule has 1 aliphatic heterocycles. The largest absolute Gasteiger partial charge is 0.352 e. The van der Waals surface area contributed by atoms with Gasteiger partial charge in [-0.05, 0) is 54.1 Å². The van der Waals surface area contributed by atoms with Crippen LogP contribution in [-0.4, -0.2) is 28.5 Å². The Labute approximate surface area is 194 Å². The first-order valence-electron chi connectivity index (χ1n) is 10.9. The van der Waals surface area contributed by atoms with Crippen LogP contribution in [0.25, 0.3) is 15.9 Å². The first-order valence-corrected chi connectivity index (χ1v) is 11.8. The van der Waals surface area contributed by atoms with E-state index in [9.17, 15) is 14.0 Å². The van der Waals surface area contributed by atoms with Crippen LogP contribution >= 0.6 is 11.3 Å². The number of hydrogen-bond donors (Lipinski definition) is 1. The highest BCUT2D eigenvalue weighted by Crippen LogP contribution is 2.26. The van der Waals surface area contributed by atoms with Gasteiger partial charge in [0.2, 0.25) is 11.9 Å². The molecule has 0 bridgehead atoms. The molecule has 0 aliphatic carbocycles. The lowest BCUT2D eigenvalue weighted by Crippen LogP contribution is -2.42. The van der Waals surface area contributed by atoms with Crippen molar-refractivity contribution in [1.82, 2.24) is 14.9 Å². The van der Waals surface area contributed by atoms with Crippen molar-refractivity contribution in [3.63, 3.8) is 0 Å². The van der Waals surface area contributed by atoms with Crippen LogP contribution in [0.3, 0.4) is 0 Å². The lowest BCUT2D eigenvalue weighted by atomic mass is 9.96. The highest BCUT2D eigenvalue weighted by atomic mass is 32.1. The average molecular weight is 463 g/mol. The maximum absolute atomic E-state index is 13.5. The van der Waals surface area contributed by atoms with Crippen LogP contribution in [0.1, 0.15) is 18.4 Å². The Balaban J connectivity index is 1.36. The number of fused-ring (bicyclic) bond motifs is 1. The molecular formula is C25H23FN4O2S. The van der Waals surface area contributed by atoms with Crippen LogP contribution in [0.5, 0.6) is 0 Å². The predicted molar refractivity (Wildman–Crippen MR) is 128 cm³/mol. The molecule has 1 fully saturated rings. The highest BCUT2D eigenvalue weighted by molar-refractivity contribution is 7.17. The molecule has 1 amide bonds. The number of hydrogen-bond acceptors (Lipinski definition) is 5. The van der Waals surface area contributed by atoms with Gasteiger partial charge in [0.15, 0.2) is 0 Å². The molecule has 3 heterocycles. The zero-order valence-corrected chi connectivity index (χ0v) is 18.7. The van der Waals surface area contributed by atoms with Gasteiger partial charge in [-0.3, -0.25) is 9.59 Å². The van der Waals surface area contributed by atoms with Crippen LogP contribution in [0.15, 0.2) is 70.8 Å². The van der Waals surface area contributed by atoms with Gasteiger partial charge in [0.25, 0.3) is 5.56 Å². The monoisotopic (exact) mass is 462 g/mol. The first kappa shape index (κ1) is 21.3. The summed E-state index contributed by atoms with van der Waals surface area (Å²) in [6, 6.07) is 17.5. The van der Waals surface area contributed by atoms with Crippen molar-refractivity contribution >= 4 is 33.4 Å². The highest BCUT2D eigenvalue weighted by Gasteiger charge is 2.28. The summed E-state index contributed by atoms with van der Waals surface area (Å²) in [7, 11) is 0. The van der Waals surface area contributed by atoms with Gasteiger partial charge in [0, 0.05) is 25.6 Å². The van der Waals surface area contributed by atoms with E-state index in [1.54, 1.807) is 16.7 Å². The lowest BCUT2D eigenvalue weighted by Gasteiger charge is -2.33. The fourth-order valence-electron chi connectivity index (χ4n) is 4.21. The Morgan fingerprint density at radius 1 is 1.06 bits per heavy atom. The summed E-state index contributed by atoms with van der Waals surface area (Å²) < 4.78 is 15.6. The molecule has 33 heavy (non-hydrogen) atoms. The maximum atomic E-state index is 13.5. The van der Waals surface area contributed by atoms with Crippen molar-refractivity contribution in [3.8, 4) is 5.69 Å². The summed E-state index contributed by atoms with van der Waals surface area (Å²) in [6.07, 6.45) is 1.34. The molecule has 2 aromatic heterocycles. The van der Waals surface area contributed by atoms with Gasteiger partial charge in [0.1, 0.15) is 10.5 Å². The molecule has 4 aromatic rings. The van der Waals surface area contributed by atoms with Crippen molar-refractivity contribution in [1.29, 1.82) is 0 Å². The van der Waals surface area contributed by atoms with Crippen molar-refractivity contribution in [3.05, 3.63) is 87.8 Å². The molecule has 6 nitrogen and oxygen atoms in total. The fraction of sp³-hybridized carbons (Fsp3) is 0.240. The van der Waals surface area contributed by atoms with Crippen LogP contribution in [0, 0.1) is 11.7 Å². The van der Waals surface area contributed by atoms with Crippen molar-refractivity contribution in [2.75, 3.05) is 18.0 Å². The van der Waals surface area contributed by atoms with Crippen LogP contribution in [-0.2, 0) is 11.3 Å². The van der Waals surface area contributed by atoms with E-state index in [0.717, 1.165) is 5.56 Å². The van der Waals surface area contributed by atoms with Gasteiger partial charge in [0.05, 0.1) is 11.2 Å². The summed E-state index contributed by atoms with van der Waals surface area (Å²) in [5.74, 6) is 0.137. The summed E-state index contributed by atoms with van der Waals surface area (Å²) in [5, 5.41) is 4.88. The topological polar surface area (TPSA) is 67.2 Å². The zero-order chi connectivity index (χ0) is 22.8. The van der Waals surface area contributed by atoms with E-state index in [-0.39, 0.29) is 23.2 Å². The second-order valence-electron chi connectivity index (χ2n) is 8.13. The average Bonchev–Trinajstić information content (AvgIpc) is 3.33. The number of carbonyl (C=O) groups excluding carboxylic acids is 1. The predicted octanol–water partition coefficient (Wildman–Crippen LogP) is 4.12. The SMILES string of the molecule is O=C(NCc1ccccc1)C1CCN(c2nc3ccsc3c(=O)n2-c2ccc(F)cc2)CC1. The van der Waals surface area contributed by atoms with E-state index in [0.29, 0.717) is 54.3 Å². The van der Waals surface area contributed by atoms with Gasteiger partial charge < -0.3 is 10.2 Å². The van der Waals surface area contributed by atoms with E-state index < -0.39 is 0 Å². The van der Waals surface area contributed by atoms with Gasteiger partial charge in [-0.15, -0.1) is 11.3 Å². The smallest absolute Gasteiger partial charge is 0.277 e. The summed E-state index contributed by atoms with van der Waals surface area (Å²) in [6.45, 7) is 1.72. The number of nitrogens with zero attached hydrogens (tertiary/aromatic N) is 3. The van der Waals surface area contributed by atoms with Crippen LogP contribution in [0.4, 0.5) is 10.3 Å². The third kappa shape index (κ3) is 4.39. The molecule has 5 rings (SSSR count). The molecule has 0 unspecified atom stereocenters. The normalized spacial score (nSPS) is 14.5. The van der Waals surface area contributed by atoms with Gasteiger partial charge in [-0.2, -0.15) is 0 Å². The third-order valence-corrected chi connectivity index (χ3v) is 6.90. The third-order valence-electron chi connectivity index (χ3n) is 6.01. The minimum absolute atomic E-state index is 0.0515. The Kier molecular flexibility index (Phi) is 5.92. The molecule has 1 saturated heterocycles. The van der Waals surface area contributed by atoms with Crippen molar-refractivity contribution in [2.45, 2.75) is 19.4 Å². The maximum Gasteiger partial charge on any atom is 0.277 e. The van der Waals surface area contributed by atoms with E-state index >= 15 is 0 Å². The van der Waals surface area contributed by atoms with Gasteiger partial charge in [-0.1, -0.05) is 30.3 Å². The minimum Gasteiger partial charge on any atom is -0.352 e. The van der Waals surface area contributed by atoms with Crippen molar-refractivity contribution in [2.24, 2.45) is 5.92 Å². The van der Waals surface area contributed by atoms with E-state index in [1.165, 1.54) is 23.5 Å².